The van der Waals surface area contributed by atoms with Gasteiger partial charge in [0.15, 0.2) is 5.96 Å². The average Bonchev–Trinajstić information content (AvgIpc) is 2.33. The zero-order valence-corrected chi connectivity index (χ0v) is 15.4. The summed E-state index contributed by atoms with van der Waals surface area (Å²) < 4.78 is 5.05. The van der Waals surface area contributed by atoms with Gasteiger partial charge in [-0.2, -0.15) is 0 Å². The summed E-state index contributed by atoms with van der Waals surface area (Å²) in [5.74, 6) is 1.50. The van der Waals surface area contributed by atoms with Crippen LogP contribution in [0.5, 0.6) is 0 Å². The van der Waals surface area contributed by atoms with Gasteiger partial charge in [-0.25, -0.2) is 0 Å². The first-order valence-corrected chi connectivity index (χ1v) is 6.79. The van der Waals surface area contributed by atoms with Gasteiger partial charge >= 0.3 is 0 Å². The molecule has 116 valence electrons. The number of rotatable bonds is 9. The van der Waals surface area contributed by atoms with Gasteiger partial charge in [0.2, 0.25) is 0 Å². The van der Waals surface area contributed by atoms with E-state index in [1.165, 1.54) is 0 Å². The predicted octanol–water partition coefficient (Wildman–Crippen LogP) is 1.39. The first-order chi connectivity index (χ1) is 8.60. The van der Waals surface area contributed by atoms with Crippen molar-refractivity contribution in [1.29, 1.82) is 0 Å². The third-order valence-electron chi connectivity index (χ3n) is 2.42. The molecule has 0 aromatic heterocycles. The molecule has 19 heavy (non-hydrogen) atoms. The smallest absolute Gasteiger partial charge is 0.191 e. The van der Waals surface area contributed by atoms with E-state index in [0.717, 1.165) is 45.3 Å². The van der Waals surface area contributed by atoms with Gasteiger partial charge in [0, 0.05) is 39.8 Å². The lowest BCUT2D eigenvalue weighted by molar-refractivity contribution is 0.162. The lowest BCUT2D eigenvalue weighted by Gasteiger charge is -2.18. The Bertz CT molecular complexity index is 225. The number of ether oxygens (including phenoxy) is 1. The summed E-state index contributed by atoms with van der Waals surface area (Å²) in [7, 11) is 3.83. The summed E-state index contributed by atoms with van der Waals surface area (Å²) in [5.41, 5.74) is 0. The normalized spacial score (nSPS) is 11.6. The Labute approximate surface area is 135 Å². The van der Waals surface area contributed by atoms with Gasteiger partial charge in [0.25, 0.3) is 0 Å². The minimum atomic E-state index is 0. The molecular weight excluding hydrogens is 355 g/mol. The van der Waals surface area contributed by atoms with Crippen molar-refractivity contribution in [2.75, 3.05) is 53.5 Å². The van der Waals surface area contributed by atoms with Crippen molar-refractivity contribution in [3.8, 4) is 0 Å². The van der Waals surface area contributed by atoms with E-state index in [4.69, 9.17) is 4.74 Å². The molecule has 0 amide bonds. The highest BCUT2D eigenvalue weighted by Crippen LogP contribution is 1.91. The summed E-state index contributed by atoms with van der Waals surface area (Å²) in [6, 6.07) is 0. The van der Waals surface area contributed by atoms with Crippen LogP contribution in [0.15, 0.2) is 4.99 Å². The monoisotopic (exact) mass is 386 g/mol. The number of nitrogens with one attached hydrogen (secondary N) is 2. The number of likely N-dealkylation sites (N-methyl/N-ethyl adjacent to an activating group) is 1. The van der Waals surface area contributed by atoms with E-state index in [0.29, 0.717) is 5.92 Å². The molecule has 0 aromatic carbocycles. The molecule has 0 unspecified atom stereocenters. The topological polar surface area (TPSA) is 48.9 Å². The van der Waals surface area contributed by atoms with Crippen LogP contribution in [-0.2, 0) is 4.74 Å². The van der Waals surface area contributed by atoms with E-state index in [2.05, 4.69) is 48.3 Å². The summed E-state index contributed by atoms with van der Waals surface area (Å²) in [6.45, 7) is 11.8. The highest BCUT2D eigenvalue weighted by atomic mass is 127. The van der Waals surface area contributed by atoms with Crippen LogP contribution in [0.2, 0.25) is 0 Å². The van der Waals surface area contributed by atoms with Crippen molar-refractivity contribution in [3.05, 3.63) is 0 Å². The molecule has 0 saturated heterocycles. The van der Waals surface area contributed by atoms with Crippen molar-refractivity contribution < 1.29 is 4.74 Å². The Morgan fingerprint density at radius 2 is 1.95 bits per heavy atom. The Morgan fingerprint density at radius 1 is 1.26 bits per heavy atom. The van der Waals surface area contributed by atoms with Gasteiger partial charge in [-0.1, -0.05) is 13.8 Å². The van der Waals surface area contributed by atoms with Crippen molar-refractivity contribution in [2.24, 2.45) is 10.9 Å². The second-order valence-electron chi connectivity index (χ2n) is 4.84. The molecule has 0 fully saturated rings. The van der Waals surface area contributed by atoms with E-state index >= 15 is 0 Å². The summed E-state index contributed by atoms with van der Waals surface area (Å²) in [5, 5.41) is 6.59. The third-order valence-corrected chi connectivity index (χ3v) is 2.42. The summed E-state index contributed by atoms with van der Waals surface area (Å²) >= 11 is 0. The maximum atomic E-state index is 5.05. The second-order valence-corrected chi connectivity index (χ2v) is 4.84. The van der Waals surface area contributed by atoms with Crippen molar-refractivity contribution in [1.82, 2.24) is 15.5 Å². The van der Waals surface area contributed by atoms with Gasteiger partial charge in [0.05, 0.1) is 6.61 Å². The fourth-order valence-electron chi connectivity index (χ4n) is 1.34. The Balaban J connectivity index is 0. The van der Waals surface area contributed by atoms with E-state index < -0.39 is 0 Å². The van der Waals surface area contributed by atoms with Crippen LogP contribution in [0.3, 0.4) is 0 Å². The lowest BCUT2D eigenvalue weighted by Crippen LogP contribution is -2.41. The van der Waals surface area contributed by atoms with E-state index in [1.54, 1.807) is 7.11 Å². The van der Waals surface area contributed by atoms with Gasteiger partial charge < -0.3 is 20.3 Å². The molecule has 6 heteroatoms. The standard InChI is InChI=1S/C13H30N4O.HI/c1-6-14-13(16-11-12(2)3)15-7-8-17(4)9-10-18-5;/h12H,6-11H2,1-5H3,(H2,14,15,16);1H. The number of halogens is 1. The van der Waals surface area contributed by atoms with Gasteiger partial charge in [-0.15, -0.1) is 24.0 Å². The second kappa shape index (κ2) is 14.3. The van der Waals surface area contributed by atoms with Gasteiger partial charge in [0.1, 0.15) is 0 Å². The summed E-state index contributed by atoms with van der Waals surface area (Å²) in [4.78, 5) is 6.76. The number of hydrogen-bond donors (Lipinski definition) is 2. The number of methoxy groups -OCH3 is 1. The summed E-state index contributed by atoms with van der Waals surface area (Å²) in [6.07, 6.45) is 0. The molecule has 0 saturated carbocycles. The molecule has 0 spiro atoms. The number of nitrogens with zero attached hydrogens (tertiary/aromatic N) is 2. The predicted molar refractivity (Wildman–Crippen MR) is 93.6 cm³/mol. The molecule has 2 N–H and O–H groups in total. The van der Waals surface area contributed by atoms with Crippen molar-refractivity contribution in [3.63, 3.8) is 0 Å². The largest absolute Gasteiger partial charge is 0.383 e. The maximum absolute atomic E-state index is 5.05. The quantitative estimate of drug-likeness (QED) is 0.357. The first-order valence-electron chi connectivity index (χ1n) is 6.79. The number of guanidine groups is 1. The molecule has 0 radical (unpaired) electrons. The Hall–Kier alpha value is -0.0800. The third kappa shape index (κ3) is 14.1. The molecule has 0 aromatic rings. The van der Waals surface area contributed by atoms with E-state index in [-0.39, 0.29) is 24.0 Å². The molecule has 0 heterocycles. The molecule has 0 rings (SSSR count). The molecule has 5 nitrogen and oxygen atoms in total. The zero-order valence-electron chi connectivity index (χ0n) is 13.0. The molecule has 0 atom stereocenters. The van der Waals surface area contributed by atoms with Crippen LogP contribution in [-0.4, -0.2) is 64.3 Å². The van der Waals surface area contributed by atoms with Crippen LogP contribution in [0.4, 0.5) is 0 Å². The van der Waals surface area contributed by atoms with Crippen LogP contribution < -0.4 is 10.6 Å². The van der Waals surface area contributed by atoms with Crippen LogP contribution in [0.1, 0.15) is 20.8 Å². The fraction of sp³-hybridized carbons (Fsp3) is 0.923. The van der Waals surface area contributed by atoms with E-state index in [9.17, 15) is 0 Å². The lowest BCUT2D eigenvalue weighted by atomic mass is 10.2. The number of aliphatic imine (C=N–C) groups is 1. The minimum absolute atomic E-state index is 0. The molecule has 0 bridgehead atoms. The van der Waals surface area contributed by atoms with Gasteiger partial charge in [-0.05, 0) is 19.9 Å². The first kappa shape index (κ1) is 21.2. The van der Waals surface area contributed by atoms with Crippen LogP contribution in [0.25, 0.3) is 0 Å². The molecule has 0 aliphatic rings. The van der Waals surface area contributed by atoms with Gasteiger partial charge in [-0.3, -0.25) is 4.99 Å². The Kier molecular flexibility index (Phi) is 16.0. The highest BCUT2D eigenvalue weighted by Gasteiger charge is 2.00. The zero-order chi connectivity index (χ0) is 13.8. The highest BCUT2D eigenvalue weighted by molar-refractivity contribution is 14.0. The van der Waals surface area contributed by atoms with Crippen LogP contribution in [0, 0.1) is 5.92 Å². The van der Waals surface area contributed by atoms with Crippen molar-refractivity contribution >= 4 is 29.9 Å². The molecular formula is C13H31IN4O. The minimum Gasteiger partial charge on any atom is -0.383 e. The molecule has 0 aliphatic heterocycles. The average molecular weight is 386 g/mol. The van der Waals surface area contributed by atoms with E-state index in [1.807, 2.05) is 0 Å². The van der Waals surface area contributed by atoms with Crippen LogP contribution >= 0.6 is 24.0 Å². The SMILES string of the molecule is CCNC(=NCC(C)C)NCCN(C)CCOC.I. The Morgan fingerprint density at radius 3 is 2.47 bits per heavy atom. The number of hydrogen-bond acceptors (Lipinski definition) is 3. The molecule has 0 aliphatic carbocycles. The van der Waals surface area contributed by atoms with Crippen molar-refractivity contribution in [2.45, 2.75) is 20.8 Å². The maximum Gasteiger partial charge on any atom is 0.191 e. The fourth-order valence-corrected chi connectivity index (χ4v) is 1.34.